The Kier molecular flexibility index (Phi) is 2.25. The first kappa shape index (κ1) is 9.21. The topological polar surface area (TPSA) is 54.6 Å². The van der Waals surface area contributed by atoms with Crippen LogP contribution < -0.4 is 0 Å². The van der Waals surface area contributed by atoms with Gasteiger partial charge in [0.05, 0.1) is 11.9 Å². The summed E-state index contributed by atoms with van der Waals surface area (Å²) >= 11 is 3.28. The van der Waals surface area contributed by atoms with Crippen molar-refractivity contribution in [2.45, 2.75) is 6.42 Å². The maximum absolute atomic E-state index is 10.6. The van der Waals surface area contributed by atoms with Crippen LogP contribution >= 0.6 is 15.9 Å². The van der Waals surface area contributed by atoms with Gasteiger partial charge in [-0.05, 0) is 27.6 Å². The molecular formula is C9H7BrN2O2. The number of aliphatic carboxylic acids is 1. The van der Waals surface area contributed by atoms with Crippen LogP contribution in [0.5, 0.6) is 0 Å². The van der Waals surface area contributed by atoms with Crippen molar-refractivity contribution in [3.8, 4) is 0 Å². The highest BCUT2D eigenvalue weighted by Crippen LogP contribution is 2.20. The molecule has 0 saturated carbocycles. The molecular weight excluding hydrogens is 248 g/mol. The van der Waals surface area contributed by atoms with Gasteiger partial charge in [0, 0.05) is 6.20 Å². The van der Waals surface area contributed by atoms with E-state index in [1.165, 1.54) is 0 Å². The molecule has 0 spiro atoms. The number of nitrogens with zero attached hydrogens (tertiary/aromatic N) is 2. The lowest BCUT2D eigenvalue weighted by Crippen LogP contribution is -2.01. The van der Waals surface area contributed by atoms with E-state index in [2.05, 4.69) is 20.9 Å². The number of halogens is 1. The monoisotopic (exact) mass is 254 g/mol. The van der Waals surface area contributed by atoms with Gasteiger partial charge in [-0.3, -0.25) is 4.79 Å². The number of carboxylic acids is 1. The highest BCUT2D eigenvalue weighted by Gasteiger charge is 2.09. The summed E-state index contributed by atoms with van der Waals surface area (Å²) in [5, 5.41) is 8.71. The van der Waals surface area contributed by atoms with Crippen LogP contribution in [0, 0.1) is 0 Å². The summed E-state index contributed by atoms with van der Waals surface area (Å²) in [6.45, 7) is 0. The largest absolute Gasteiger partial charge is 0.481 e. The summed E-state index contributed by atoms with van der Waals surface area (Å²) < 4.78 is 2.47. The van der Waals surface area contributed by atoms with Gasteiger partial charge in [-0.1, -0.05) is 6.07 Å². The third-order valence-corrected chi connectivity index (χ3v) is 2.52. The molecule has 1 N–H and O–H groups in total. The number of pyridine rings is 1. The van der Waals surface area contributed by atoms with Crippen molar-refractivity contribution in [2.75, 3.05) is 0 Å². The summed E-state index contributed by atoms with van der Waals surface area (Å²) in [4.78, 5) is 14.7. The van der Waals surface area contributed by atoms with Gasteiger partial charge >= 0.3 is 5.97 Å². The SMILES string of the molecule is O=C(O)Cc1cccn2cnc(Br)c12. The van der Waals surface area contributed by atoms with Crippen LogP contribution in [0.15, 0.2) is 29.3 Å². The molecule has 0 amide bonds. The molecule has 0 saturated heterocycles. The van der Waals surface area contributed by atoms with Crippen LogP contribution in [0.3, 0.4) is 0 Å². The Bertz CT molecular complexity index is 493. The Balaban J connectivity index is 2.63. The zero-order valence-electron chi connectivity index (χ0n) is 7.14. The van der Waals surface area contributed by atoms with Gasteiger partial charge in [0.2, 0.25) is 0 Å². The van der Waals surface area contributed by atoms with E-state index in [4.69, 9.17) is 5.11 Å². The minimum Gasteiger partial charge on any atom is -0.481 e. The van der Waals surface area contributed by atoms with Crippen LogP contribution in [0.1, 0.15) is 5.56 Å². The molecule has 0 aliphatic carbocycles. The molecule has 72 valence electrons. The minimum absolute atomic E-state index is 0.00856. The van der Waals surface area contributed by atoms with E-state index >= 15 is 0 Å². The number of fused-ring (bicyclic) bond motifs is 1. The van der Waals surface area contributed by atoms with E-state index in [9.17, 15) is 4.79 Å². The number of imidazole rings is 1. The Labute approximate surface area is 88.3 Å². The predicted molar refractivity (Wildman–Crippen MR) is 54.2 cm³/mol. The maximum atomic E-state index is 10.6. The van der Waals surface area contributed by atoms with Crippen molar-refractivity contribution in [1.29, 1.82) is 0 Å². The van der Waals surface area contributed by atoms with Crippen molar-refractivity contribution in [1.82, 2.24) is 9.38 Å². The first-order chi connectivity index (χ1) is 6.68. The average molecular weight is 255 g/mol. The fraction of sp³-hybridized carbons (Fsp3) is 0.111. The molecule has 2 heterocycles. The first-order valence-electron chi connectivity index (χ1n) is 4.00. The van der Waals surface area contributed by atoms with Gasteiger partial charge in [-0.2, -0.15) is 0 Å². The van der Waals surface area contributed by atoms with Crippen molar-refractivity contribution in [3.05, 3.63) is 34.8 Å². The van der Waals surface area contributed by atoms with Crippen molar-refractivity contribution >= 4 is 27.4 Å². The Morgan fingerprint density at radius 3 is 3.14 bits per heavy atom. The van der Waals surface area contributed by atoms with Gasteiger partial charge in [0.25, 0.3) is 0 Å². The Morgan fingerprint density at radius 2 is 2.43 bits per heavy atom. The summed E-state index contributed by atoms with van der Waals surface area (Å²) in [6, 6.07) is 3.59. The van der Waals surface area contributed by atoms with E-state index in [0.717, 1.165) is 11.1 Å². The fourth-order valence-electron chi connectivity index (χ4n) is 1.39. The number of hydrogen-bond donors (Lipinski definition) is 1. The molecule has 0 atom stereocenters. The number of rotatable bonds is 2. The van der Waals surface area contributed by atoms with Gasteiger partial charge < -0.3 is 9.51 Å². The molecule has 0 aliphatic heterocycles. The average Bonchev–Trinajstić information content (AvgIpc) is 2.48. The third-order valence-electron chi connectivity index (χ3n) is 1.94. The number of aromatic nitrogens is 2. The molecule has 0 aromatic carbocycles. The predicted octanol–water partition coefficient (Wildman–Crippen LogP) is 1.72. The third kappa shape index (κ3) is 1.50. The second kappa shape index (κ2) is 3.42. The van der Waals surface area contributed by atoms with Crippen molar-refractivity contribution < 1.29 is 9.90 Å². The van der Waals surface area contributed by atoms with E-state index in [-0.39, 0.29) is 6.42 Å². The molecule has 5 heteroatoms. The van der Waals surface area contributed by atoms with Gasteiger partial charge in [0.15, 0.2) is 0 Å². The molecule has 14 heavy (non-hydrogen) atoms. The van der Waals surface area contributed by atoms with Crippen LogP contribution in [-0.4, -0.2) is 20.5 Å². The molecule has 0 unspecified atom stereocenters. The molecule has 0 radical (unpaired) electrons. The van der Waals surface area contributed by atoms with Crippen molar-refractivity contribution in [3.63, 3.8) is 0 Å². The standard InChI is InChI=1S/C9H7BrN2O2/c10-9-8-6(4-7(13)14)2-1-3-12(8)5-11-9/h1-3,5H,4H2,(H,13,14). The lowest BCUT2D eigenvalue weighted by atomic mass is 10.2. The van der Waals surface area contributed by atoms with E-state index in [1.54, 1.807) is 22.9 Å². The van der Waals surface area contributed by atoms with Gasteiger partial charge in [-0.15, -0.1) is 0 Å². The number of carbonyl (C=O) groups is 1. The lowest BCUT2D eigenvalue weighted by Gasteiger charge is -2.00. The van der Waals surface area contributed by atoms with Crippen molar-refractivity contribution in [2.24, 2.45) is 0 Å². The number of hydrogen-bond acceptors (Lipinski definition) is 2. The molecule has 4 nitrogen and oxygen atoms in total. The minimum atomic E-state index is -0.841. The van der Waals surface area contributed by atoms with E-state index < -0.39 is 5.97 Å². The Hall–Kier alpha value is -1.36. The fourth-order valence-corrected chi connectivity index (χ4v) is 1.94. The molecule has 2 aromatic rings. The molecule has 2 rings (SSSR count). The van der Waals surface area contributed by atoms with Gasteiger partial charge in [0.1, 0.15) is 10.9 Å². The van der Waals surface area contributed by atoms with Crippen LogP contribution in [-0.2, 0) is 11.2 Å². The van der Waals surface area contributed by atoms with E-state index in [1.807, 2.05) is 6.20 Å². The maximum Gasteiger partial charge on any atom is 0.307 e. The molecule has 2 aromatic heterocycles. The van der Waals surface area contributed by atoms with Gasteiger partial charge in [-0.25, -0.2) is 4.98 Å². The zero-order valence-corrected chi connectivity index (χ0v) is 8.73. The quantitative estimate of drug-likeness (QED) is 0.888. The summed E-state index contributed by atoms with van der Waals surface area (Å²) in [5.41, 5.74) is 1.57. The highest BCUT2D eigenvalue weighted by atomic mass is 79.9. The normalized spacial score (nSPS) is 10.6. The summed E-state index contributed by atoms with van der Waals surface area (Å²) in [7, 11) is 0. The highest BCUT2D eigenvalue weighted by molar-refractivity contribution is 9.10. The zero-order chi connectivity index (χ0) is 10.1. The van der Waals surface area contributed by atoms with E-state index in [0.29, 0.717) is 4.60 Å². The van der Waals surface area contributed by atoms with Crippen LogP contribution in [0.2, 0.25) is 0 Å². The number of carboxylic acid groups (broad SMARTS) is 1. The van der Waals surface area contributed by atoms with Crippen LogP contribution in [0.25, 0.3) is 5.52 Å². The molecule has 0 fully saturated rings. The van der Waals surface area contributed by atoms with Crippen LogP contribution in [0.4, 0.5) is 0 Å². The molecule has 0 aliphatic rings. The smallest absolute Gasteiger partial charge is 0.307 e. The lowest BCUT2D eigenvalue weighted by molar-refractivity contribution is -0.136. The molecule has 0 bridgehead atoms. The summed E-state index contributed by atoms with van der Waals surface area (Å²) in [6.07, 6.45) is 3.48. The first-order valence-corrected chi connectivity index (χ1v) is 4.79. The second-order valence-corrected chi connectivity index (χ2v) is 3.65. The summed E-state index contributed by atoms with van der Waals surface area (Å²) in [5.74, 6) is -0.841. The Morgan fingerprint density at radius 1 is 1.64 bits per heavy atom. The second-order valence-electron chi connectivity index (χ2n) is 2.90.